The molecule has 2 fully saturated rings. The summed E-state index contributed by atoms with van der Waals surface area (Å²) in [5.41, 5.74) is -0.584. The summed E-state index contributed by atoms with van der Waals surface area (Å²) in [7, 11) is 1.45. The number of methoxy groups -OCH3 is 1. The molecule has 0 N–H and O–H groups in total. The van der Waals surface area contributed by atoms with Crippen molar-refractivity contribution in [1.82, 2.24) is 0 Å². The molecule has 2 unspecified atom stereocenters. The fourth-order valence-electron chi connectivity index (χ4n) is 3.47. The van der Waals surface area contributed by atoms with Crippen molar-refractivity contribution >= 4 is 5.97 Å². The lowest BCUT2D eigenvalue weighted by Crippen LogP contribution is -2.40. The molecule has 0 aromatic carbocycles. The Bertz CT molecular complexity index is 310. The van der Waals surface area contributed by atoms with Gasteiger partial charge < -0.3 is 9.47 Å². The SMILES string of the molecule is CCC1(C(=O)OC)OC12CCCC(C)(C)C2. The smallest absolute Gasteiger partial charge is 0.341 e. The van der Waals surface area contributed by atoms with Crippen LogP contribution in [0, 0.1) is 5.41 Å². The van der Waals surface area contributed by atoms with Gasteiger partial charge >= 0.3 is 5.97 Å². The molecule has 0 radical (unpaired) electrons. The molecule has 0 aromatic heterocycles. The van der Waals surface area contributed by atoms with Crippen LogP contribution < -0.4 is 0 Å². The van der Waals surface area contributed by atoms with Gasteiger partial charge in [-0.3, -0.25) is 0 Å². The van der Waals surface area contributed by atoms with Crippen molar-refractivity contribution in [3.63, 3.8) is 0 Å². The molecule has 2 aliphatic rings. The van der Waals surface area contributed by atoms with E-state index in [1.54, 1.807) is 0 Å². The zero-order valence-electron chi connectivity index (χ0n) is 10.8. The fourth-order valence-corrected chi connectivity index (χ4v) is 3.47. The van der Waals surface area contributed by atoms with Crippen molar-refractivity contribution in [1.29, 1.82) is 0 Å². The van der Waals surface area contributed by atoms with Gasteiger partial charge in [-0.2, -0.15) is 0 Å². The highest BCUT2D eigenvalue weighted by atomic mass is 16.7. The van der Waals surface area contributed by atoms with Gasteiger partial charge in [0, 0.05) is 0 Å². The van der Waals surface area contributed by atoms with Gasteiger partial charge in [-0.15, -0.1) is 0 Å². The Morgan fingerprint density at radius 1 is 1.38 bits per heavy atom. The van der Waals surface area contributed by atoms with E-state index in [1.165, 1.54) is 13.5 Å². The van der Waals surface area contributed by atoms with Crippen LogP contribution in [0.1, 0.15) is 52.9 Å². The number of epoxide rings is 1. The zero-order valence-corrected chi connectivity index (χ0v) is 10.8. The molecule has 0 bridgehead atoms. The van der Waals surface area contributed by atoms with E-state index in [2.05, 4.69) is 13.8 Å². The first-order valence-electron chi connectivity index (χ1n) is 6.20. The highest BCUT2D eigenvalue weighted by Gasteiger charge is 2.75. The molecule has 1 aliphatic carbocycles. The normalized spacial score (nSPS) is 40.8. The van der Waals surface area contributed by atoms with Gasteiger partial charge in [-0.05, 0) is 37.5 Å². The molecule has 0 aromatic rings. The quantitative estimate of drug-likeness (QED) is 0.537. The Kier molecular flexibility index (Phi) is 2.57. The number of esters is 1. The van der Waals surface area contributed by atoms with Crippen molar-refractivity contribution < 1.29 is 14.3 Å². The fraction of sp³-hybridized carbons (Fsp3) is 0.923. The molecule has 1 aliphatic heterocycles. The topological polar surface area (TPSA) is 38.8 Å². The minimum absolute atomic E-state index is 0.187. The van der Waals surface area contributed by atoms with Crippen LogP contribution >= 0.6 is 0 Å². The van der Waals surface area contributed by atoms with Crippen LogP contribution in [0.3, 0.4) is 0 Å². The molecule has 92 valence electrons. The summed E-state index contributed by atoms with van der Waals surface area (Å²) in [6.45, 7) is 6.52. The van der Waals surface area contributed by atoms with E-state index in [-0.39, 0.29) is 17.0 Å². The van der Waals surface area contributed by atoms with Crippen LogP contribution in [-0.2, 0) is 14.3 Å². The lowest BCUT2D eigenvalue weighted by Gasteiger charge is -2.35. The molecule has 16 heavy (non-hydrogen) atoms. The summed E-state index contributed by atoms with van der Waals surface area (Å²) in [6.07, 6.45) is 5.06. The Balaban J connectivity index is 2.20. The molecule has 3 nitrogen and oxygen atoms in total. The lowest BCUT2D eigenvalue weighted by atomic mass is 9.67. The number of ether oxygens (including phenoxy) is 2. The van der Waals surface area contributed by atoms with Crippen LogP contribution in [0.2, 0.25) is 0 Å². The van der Waals surface area contributed by atoms with E-state index in [4.69, 9.17) is 9.47 Å². The second-order valence-corrected chi connectivity index (χ2v) is 5.96. The third kappa shape index (κ3) is 1.48. The van der Waals surface area contributed by atoms with Gasteiger partial charge in [0.15, 0.2) is 5.60 Å². The van der Waals surface area contributed by atoms with Crippen LogP contribution in [0.15, 0.2) is 0 Å². The van der Waals surface area contributed by atoms with Crippen LogP contribution in [-0.4, -0.2) is 24.3 Å². The van der Waals surface area contributed by atoms with E-state index >= 15 is 0 Å². The first-order valence-corrected chi connectivity index (χ1v) is 6.20. The summed E-state index contributed by atoms with van der Waals surface area (Å²) in [5.74, 6) is -0.187. The van der Waals surface area contributed by atoms with Crippen LogP contribution in [0.4, 0.5) is 0 Å². The van der Waals surface area contributed by atoms with E-state index < -0.39 is 5.60 Å². The maximum atomic E-state index is 11.9. The number of hydrogen-bond donors (Lipinski definition) is 0. The van der Waals surface area contributed by atoms with Crippen molar-refractivity contribution in [2.75, 3.05) is 7.11 Å². The van der Waals surface area contributed by atoms with E-state index in [0.29, 0.717) is 0 Å². The third-order valence-electron chi connectivity index (χ3n) is 4.28. The average molecular weight is 226 g/mol. The predicted molar refractivity (Wildman–Crippen MR) is 61.1 cm³/mol. The molecular weight excluding hydrogens is 204 g/mol. The second-order valence-electron chi connectivity index (χ2n) is 5.96. The largest absolute Gasteiger partial charge is 0.467 e. The minimum atomic E-state index is -0.639. The molecule has 1 saturated heterocycles. The van der Waals surface area contributed by atoms with Gasteiger partial charge in [0.05, 0.1) is 7.11 Å². The van der Waals surface area contributed by atoms with Gasteiger partial charge in [-0.1, -0.05) is 20.8 Å². The Labute approximate surface area is 97.5 Å². The second kappa shape index (κ2) is 3.46. The Hall–Kier alpha value is -0.570. The van der Waals surface area contributed by atoms with Gasteiger partial charge in [0.25, 0.3) is 0 Å². The van der Waals surface area contributed by atoms with E-state index in [9.17, 15) is 4.79 Å². The summed E-state index contributed by atoms with van der Waals surface area (Å²) in [5, 5.41) is 0. The highest BCUT2D eigenvalue weighted by Crippen LogP contribution is 2.62. The van der Waals surface area contributed by atoms with Crippen molar-refractivity contribution in [2.45, 2.75) is 64.1 Å². The molecule has 0 amide bonds. The Morgan fingerprint density at radius 2 is 2.06 bits per heavy atom. The zero-order chi connectivity index (χ0) is 12.0. The lowest BCUT2D eigenvalue weighted by molar-refractivity contribution is -0.147. The van der Waals surface area contributed by atoms with Gasteiger partial charge in [0.2, 0.25) is 0 Å². The van der Waals surface area contributed by atoms with Crippen molar-refractivity contribution in [3.8, 4) is 0 Å². The van der Waals surface area contributed by atoms with E-state index in [1.807, 2.05) is 6.92 Å². The average Bonchev–Trinajstić information content (AvgIpc) is 2.83. The maximum Gasteiger partial charge on any atom is 0.341 e. The number of rotatable bonds is 2. The number of hydrogen-bond acceptors (Lipinski definition) is 3. The van der Waals surface area contributed by atoms with E-state index in [0.717, 1.165) is 25.7 Å². The summed E-state index contributed by atoms with van der Waals surface area (Å²) in [4.78, 5) is 11.9. The first-order chi connectivity index (χ1) is 7.41. The molecule has 1 saturated carbocycles. The monoisotopic (exact) mass is 226 g/mol. The molecule has 2 rings (SSSR count). The molecule has 1 heterocycles. The molecule has 3 heteroatoms. The standard InChI is InChI=1S/C13H22O3/c1-5-13(10(14)15-4)12(16-13)8-6-7-11(2,3)9-12/h5-9H2,1-4H3. The molecule has 2 atom stereocenters. The number of carbonyl (C=O) groups is 1. The Morgan fingerprint density at radius 3 is 2.56 bits per heavy atom. The van der Waals surface area contributed by atoms with Gasteiger partial charge in [0.1, 0.15) is 5.60 Å². The van der Waals surface area contributed by atoms with Crippen molar-refractivity contribution in [2.24, 2.45) is 5.41 Å². The first kappa shape index (κ1) is 11.9. The summed E-state index contributed by atoms with van der Waals surface area (Å²) in [6, 6.07) is 0. The summed E-state index contributed by atoms with van der Waals surface area (Å²) < 4.78 is 10.8. The van der Waals surface area contributed by atoms with Crippen LogP contribution in [0.5, 0.6) is 0 Å². The predicted octanol–water partition coefficient (Wildman–Crippen LogP) is 2.68. The van der Waals surface area contributed by atoms with Gasteiger partial charge in [-0.25, -0.2) is 4.79 Å². The highest BCUT2D eigenvalue weighted by molar-refractivity contribution is 5.84. The third-order valence-corrected chi connectivity index (χ3v) is 4.28. The molecular formula is C13H22O3. The number of carbonyl (C=O) groups excluding carboxylic acids is 1. The minimum Gasteiger partial charge on any atom is -0.467 e. The van der Waals surface area contributed by atoms with Crippen LogP contribution in [0.25, 0.3) is 0 Å². The molecule has 1 spiro atoms. The summed E-state index contributed by atoms with van der Waals surface area (Å²) >= 11 is 0. The maximum absolute atomic E-state index is 11.9. The van der Waals surface area contributed by atoms with Crippen molar-refractivity contribution in [3.05, 3.63) is 0 Å².